The summed E-state index contributed by atoms with van der Waals surface area (Å²) >= 11 is 1.90. The van der Waals surface area contributed by atoms with E-state index in [0.29, 0.717) is 17.3 Å². The first-order valence-corrected chi connectivity index (χ1v) is 6.58. The third kappa shape index (κ3) is 2.18. The Morgan fingerprint density at radius 1 is 1.56 bits per heavy atom. The number of thioether (sulfide) groups is 1. The van der Waals surface area contributed by atoms with Crippen molar-refractivity contribution >= 4 is 17.4 Å². The third-order valence-corrected chi connectivity index (χ3v) is 4.19. The van der Waals surface area contributed by atoms with Crippen molar-refractivity contribution in [3.05, 3.63) is 29.6 Å². The number of anilines is 1. The standard InChI is InChI=1S/C12H16FNOS/c1-14(10-5-6-16-8-10)12-9(7-15)3-2-4-11(12)13/h2-4,10,15H,5-8H2,1H3. The zero-order valence-corrected chi connectivity index (χ0v) is 10.1. The smallest absolute Gasteiger partial charge is 0.146 e. The van der Waals surface area contributed by atoms with Crippen molar-refractivity contribution in [1.82, 2.24) is 0 Å². The lowest BCUT2D eigenvalue weighted by molar-refractivity contribution is 0.281. The van der Waals surface area contributed by atoms with Crippen molar-refractivity contribution in [1.29, 1.82) is 0 Å². The summed E-state index contributed by atoms with van der Waals surface area (Å²) in [4.78, 5) is 1.97. The van der Waals surface area contributed by atoms with Gasteiger partial charge in [0.2, 0.25) is 0 Å². The van der Waals surface area contributed by atoms with Crippen LogP contribution < -0.4 is 4.90 Å². The molecule has 88 valence electrons. The van der Waals surface area contributed by atoms with Gasteiger partial charge in [0.15, 0.2) is 0 Å². The van der Waals surface area contributed by atoms with Crippen molar-refractivity contribution in [2.24, 2.45) is 0 Å². The Morgan fingerprint density at radius 3 is 3.00 bits per heavy atom. The zero-order chi connectivity index (χ0) is 11.5. The van der Waals surface area contributed by atoms with Gasteiger partial charge in [-0.05, 0) is 18.2 Å². The molecule has 1 unspecified atom stereocenters. The first kappa shape index (κ1) is 11.7. The van der Waals surface area contributed by atoms with E-state index in [0.717, 1.165) is 17.9 Å². The van der Waals surface area contributed by atoms with Crippen LogP contribution in [0.3, 0.4) is 0 Å². The van der Waals surface area contributed by atoms with Crippen molar-refractivity contribution in [3.8, 4) is 0 Å². The Bertz CT molecular complexity index is 366. The molecule has 1 N–H and O–H groups in total. The number of halogens is 1. The lowest BCUT2D eigenvalue weighted by atomic mass is 10.1. The summed E-state index contributed by atoms with van der Waals surface area (Å²) in [6.07, 6.45) is 1.08. The SMILES string of the molecule is CN(c1c(F)cccc1CO)C1CCSC1. The van der Waals surface area contributed by atoms with Gasteiger partial charge < -0.3 is 10.0 Å². The zero-order valence-electron chi connectivity index (χ0n) is 9.32. The van der Waals surface area contributed by atoms with Crippen LogP contribution in [0.4, 0.5) is 10.1 Å². The van der Waals surface area contributed by atoms with E-state index in [-0.39, 0.29) is 12.4 Å². The van der Waals surface area contributed by atoms with Gasteiger partial charge in [0.25, 0.3) is 0 Å². The maximum absolute atomic E-state index is 13.8. The highest BCUT2D eigenvalue weighted by Crippen LogP contribution is 2.30. The highest BCUT2D eigenvalue weighted by Gasteiger charge is 2.23. The molecule has 2 nitrogen and oxygen atoms in total. The van der Waals surface area contributed by atoms with Gasteiger partial charge in [-0.1, -0.05) is 12.1 Å². The number of aliphatic hydroxyl groups is 1. The van der Waals surface area contributed by atoms with E-state index in [1.165, 1.54) is 6.07 Å². The van der Waals surface area contributed by atoms with Gasteiger partial charge in [0.1, 0.15) is 5.82 Å². The molecule has 4 heteroatoms. The minimum Gasteiger partial charge on any atom is -0.392 e. The minimum absolute atomic E-state index is 0.114. The molecule has 2 rings (SSSR count). The van der Waals surface area contributed by atoms with Crippen molar-refractivity contribution in [3.63, 3.8) is 0 Å². The fraction of sp³-hybridized carbons (Fsp3) is 0.500. The molecule has 1 saturated heterocycles. The fourth-order valence-electron chi connectivity index (χ4n) is 2.09. The maximum atomic E-state index is 13.8. The number of benzene rings is 1. The molecule has 0 amide bonds. The third-order valence-electron chi connectivity index (χ3n) is 3.05. The van der Waals surface area contributed by atoms with E-state index in [2.05, 4.69) is 0 Å². The Balaban J connectivity index is 2.30. The molecule has 0 saturated carbocycles. The highest BCUT2D eigenvalue weighted by atomic mass is 32.2. The fourth-order valence-corrected chi connectivity index (χ4v) is 3.36. The van der Waals surface area contributed by atoms with Crippen LogP contribution in [-0.4, -0.2) is 29.7 Å². The first-order chi connectivity index (χ1) is 7.74. The Hall–Kier alpha value is -0.740. The summed E-state index contributed by atoms with van der Waals surface area (Å²) in [5.74, 6) is 1.93. The van der Waals surface area contributed by atoms with Crippen molar-refractivity contribution in [2.75, 3.05) is 23.5 Å². The molecule has 1 heterocycles. The van der Waals surface area contributed by atoms with Gasteiger partial charge >= 0.3 is 0 Å². The number of hydrogen-bond donors (Lipinski definition) is 1. The van der Waals surface area contributed by atoms with Crippen LogP contribution in [0, 0.1) is 5.82 Å². The normalized spacial score (nSPS) is 20.1. The topological polar surface area (TPSA) is 23.5 Å². The van der Waals surface area contributed by atoms with Crippen LogP contribution >= 0.6 is 11.8 Å². The van der Waals surface area contributed by atoms with Gasteiger partial charge in [0.05, 0.1) is 12.3 Å². The summed E-state index contributed by atoms with van der Waals surface area (Å²) in [6, 6.07) is 5.25. The first-order valence-electron chi connectivity index (χ1n) is 5.43. The van der Waals surface area contributed by atoms with Gasteiger partial charge in [-0.15, -0.1) is 0 Å². The Morgan fingerprint density at radius 2 is 2.38 bits per heavy atom. The highest BCUT2D eigenvalue weighted by molar-refractivity contribution is 7.99. The van der Waals surface area contributed by atoms with Crippen molar-refractivity contribution < 1.29 is 9.50 Å². The Kier molecular flexibility index (Phi) is 3.71. The van der Waals surface area contributed by atoms with Crippen LogP contribution in [0.15, 0.2) is 18.2 Å². The number of rotatable bonds is 3. The molecule has 0 aromatic heterocycles. The van der Waals surface area contributed by atoms with E-state index in [1.54, 1.807) is 12.1 Å². The van der Waals surface area contributed by atoms with Gasteiger partial charge in [-0.2, -0.15) is 11.8 Å². The molecular weight excluding hydrogens is 225 g/mol. The average Bonchev–Trinajstić information content (AvgIpc) is 2.81. The van der Waals surface area contributed by atoms with E-state index >= 15 is 0 Å². The summed E-state index contributed by atoms with van der Waals surface area (Å²) in [5, 5.41) is 9.24. The molecule has 1 aliphatic heterocycles. The monoisotopic (exact) mass is 241 g/mol. The van der Waals surface area contributed by atoms with Gasteiger partial charge in [-0.25, -0.2) is 4.39 Å². The number of para-hydroxylation sites is 1. The second-order valence-electron chi connectivity index (χ2n) is 4.03. The van der Waals surface area contributed by atoms with Crippen LogP contribution in [-0.2, 0) is 6.61 Å². The number of nitrogens with zero attached hydrogens (tertiary/aromatic N) is 1. The van der Waals surface area contributed by atoms with Crippen LogP contribution in [0.1, 0.15) is 12.0 Å². The largest absolute Gasteiger partial charge is 0.392 e. The lowest BCUT2D eigenvalue weighted by Gasteiger charge is -2.28. The second-order valence-corrected chi connectivity index (χ2v) is 5.18. The summed E-state index contributed by atoms with van der Waals surface area (Å²) in [6.45, 7) is -0.114. The summed E-state index contributed by atoms with van der Waals surface area (Å²) < 4.78 is 13.8. The predicted molar refractivity (Wildman–Crippen MR) is 66.5 cm³/mol. The molecule has 1 aromatic carbocycles. The van der Waals surface area contributed by atoms with E-state index < -0.39 is 0 Å². The number of hydrogen-bond acceptors (Lipinski definition) is 3. The molecule has 1 fully saturated rings. The molecule has 0 spiro atoms. The average molecular weight is 241 g/mol. The van der Waals surface area contributed by atoms with Crippen LogP contribution in [0.2, 0.25) is 0 Å². The van der Waals surface area contributed by atoms with Crippen LogP contribution in [0.5, 0.6) is 0 Å². The molecule has 0 bridgehead atoms. The maximum Gasteiger partial charge on any atom is 0.146 e. The second kappa shape index (κ2) is 5.06. The van der Waals surface area contributed by atoms with Crippen molar-refractivity contribution in [2.45, 2.75) is 19.1 Å². The Labute approximate surface area is 99.5 Å². The molecule has 1 aliphatic rings. The summed E-state index contributed by atoms with van der Waals surface area (Å²) in [5.41, 5.74) is 1.22. The molecular formula is C12H16FNOS. The van der Waals surface area contributed by atoms with E-state index in [9.17, 15) is 9.50 Å². The molecule has 1 aromatic rings. The van der Waals surface area contributed by atoms with Crippen LogP contribution in [0.25, 0.3) is 0 Å². The molecule has 0 radical (unpaired) electrons. The van der Waals surface area contributed by atoms with E-state index in [1.807, 2.05) is 23.7 Å². The predicted octanol–water partition coefficient (Wildman–Crippen LogP) is 2.26. The van der Waals surface area contributed by atoms with E-state index in [4.69, 9.17) is 0 Å². The quantitative estimate of drug-likeness (QED) is 0.878. The van der Waals surface area contributed by atoms with Gasteiger partial charge in [-0.3, -0.25) is 0 Å². The summed E-state index contributed by atoms with van der Waals surface area (Å²) in [7, 11) is 1.91. The lowest BCUT2D eigenvalue weighted by Crippen LogP contribution is -2.32. The van der Waals surface area contributed by atoms with Gasteiger partial charge in [0, 0.05) is 24.4 Å². The minimum atomic E-state index is -0.244. The number of aliphatic hydroxyl groups excluding tert-OH is 1. The molecule has 1 atom stereocenters. The molecule has 0 aliphatic carbocycles. The molecule has 16 heavy (non-hydrogen) atoms.